The maximum Gasteiger partial charge on any atom is 0.511 e. The van der Waals surface area contributed by atoms with Crippen molar-refractivity contribution in [1.29, 1.82) is 0 Å². The Kier molecular flexibility index (Phi) is 7.51. The van der Waals surface area contributed by atoms with E-state index in [-0.39, 0.29) is 16.2 Å². The molecule has 15 heteroatoms. The summed E-state index contributed by atoms with van der Waals surface area (Å²) in [5.41, 5.74) is -5.48. The van der Waals surface area contributed by atoms with Gasteiger partial charge in [0.1, 0.15) is 5.75 Å². The molecule has 36 heavy (non-hydrogen) atoms. The molecule has 1 unspecified atom stereocenters. The van der Waals surface area contributed by atoms with Crippen LogP contribution in [0.3, 0.4) is 0 Å². The lowest BCUT2D eigenvalue weighted by Gasteiger charge is -2.17. The van der Waals surface area contributed by atoms with Gasteiger partial charge in [-0.1, -0.05) is 18.2 Å². The smallest absolute Gasteiger partial charge is 0.497 e. The molecule has 1 N–H and O–H groups in total. The first kappa shape index (κ1) is 27.6. The third-order valence-corrected chi connectivity index (χ3v) is 9.91. The highest BCUT2D eigenvalue weighted by atomic mass is 32.2. The highest BCUT2D eigenvalue weighted by Crippen LogP contribution is 2.34. The summed E-state index contributed by atoms with van der Waals surface area (Å²) in [6, 6.07) is 10.4. The Morgan fingerprint density at radius 2 is 1.50 bits per heavy atom. The lowest BCUT2D eigenvalue weighted by atomic mass is 10.1. The van der Waals surface area contributed by atoms with E-state index < -0.39 is 56.1 Å². The zero-order valence-corrected chi connectivity index (χ0v) is 21.0. The van der Waals surface area contributed by atoms with E-state index in [0.717, 1.165) is 43.3 Å². The number of alkyl halides is 3. The Labute approximate surface area is 205 Å². The summed E-state index contributed by atoms with van der Waals surface area (Å²) < 4.78 is 120. The standard InChI is InChI=1S/C21H19F3N2O7S3/c1-14(26-36(31,32)21(22,23)24)15-6-9-17(10-7-15)34(27,28)18-11-8-16(33-2)13-19(18)35(29,30)20-5-3-4-12-25-20/h3-14,26H,1-2H3. The van der Waals surface area contributed by atoms with Crippen LogP contribution in [-0.4, -0.2) is 42.9 Å². The van der Waals surface area contributed by atoms with Crippen molar-refractivity contribution in [3.8, 4) is 5.75 Å². The van der Waals surface area contributed by atoms with Gasteiger partial charge in [-0.25, -0.2) is 35.0 Å². The van der Waals surface area contributed by atoms with E-state index in [0.29, 0.717) is 0 Å². The number of ether oxygens (including phenoxy) is 1. The van der Waals surface area contributed by atoms with Gasteiger partial charge in [0.05, 0.1) is 21.8 Å². The summed E-state index contributed by atoms with van der Waals surface area (Å²) in [4.78, 5) is 2.26. The summed E-state index contributed by atoms with van der Waals surface area (Å²) in [5.74, 6) is 0.0737. The molecule has 0 aliphatic heterocycles. The number of sulfonamides is 1. The Morgan fingerprint density at radius 3 is 2.03 bits per heavy atom. The Balaban J connectivity index is 2.05. The molecule has 1 heterocycles. The molecule has 0 amide bonds. The number of halogens is 3. The maximum absolute atomic E-state index is 13.4. The molecule has 3 aromatic rings. The minimum atomic E-state index is -5.63. The molecule has 0 spiro atoms. The Hall–Kier alpha value is -3.01. The highest BCUT2D eigenvalue weighted by molar-refractivity contribution is 7.94. The summed E-state index contributed by atoms with van der Waals surface area (Å²) in [7, 11) is -13.2. The van der Waals surface area contributed by atoms with E-state index in [1.807, 2.05) is 0 Å². The van der Waals surface area contributed by atoms with E-state index >= 15 is 0 Å². The van der Waals surface area contributed by atoms with Gasteiger partial charge in [-0.3, -0.25) is 0 Å². The molecular formula is C21H19F3N2O7S3. The SMILES string of the molecule is COc1ccc(S(=O)(=O)c2ccc(C(C)NS(=O)(=O)C(F)(F)F)cc2)c(S(=O)(=O)c2ccccn2)c1. The van der Waals surface area contributed by atoms with Crippen LogP contribution < -0.4 is 9.46 Å². The molecule has 0 aliphatic carbocycles. The van der Waals surface area contributed by atoms with Gasteiger partial charge in [-0.15, -0.1) is 0 Å². The first-order chi connectivity index (χ1) is 16.6. The number of hydrogen-bond acceptors (Lipinski definition) is 8. The predicted octanol–water partition coefficient (Wildman–Crippen LogP) is 3.26. The molecule has 0 saturated heterocycles. The van der Waals surface area contributed by atoms with Crippen LogP contribution in [0.15, 0.2) is 86.6 Å². The van der Waals surface area contributed by atoms with Crippen LogP contribution in [0.2, 0.25) is 0 Å². The number of hydrogen-bond donors (Lipinski definition) is 1. The summed E-state index contributed by atoms with van der Waals surface area (Å²) in [5, 5.41) is -0.393. The predicted molar refractivity (Wildman–Crippen MR) is 121 cm³/mol. The second-order valence-electron chi connectivity index (χ2n) is 7.35. The zero-order valence-electron chi connectivity index (χ0n) is 18.6. The summed E-state index contributed by atoms with van der Waals surface area (Å²) in [6.07, 6.45) is 1.23. The molecule has 194 valence electrons. The molecule has 1 aromatic heterocycles. The fourth-order valence-corrected chi connectivity index (χ4v) is 7.10. The highest BCUT2D eigenvalue weighted by Gasteiger charge is 2.46. The van der Waals surface area contributed by atoms with Gasteiger partial charge >= 0.3 is 15.5 Å². The molecule has 0 bridgehead atoms. The second kappa shape index (κ2) is 9.80. The minimum absolute atomic E-state index is 0.0397. The molecule has 9 nitrogen and oxygen atoms in total. The molecule has 0 radical (unpaired) electrons. The Bertz CT molecular complexity index is 1570. The van der Waals surface area contributed by atoms with Crippen LogP contribution in [0.5, 0.6) is 5.75 Å². The molecule has 0 aliphatic rings. The quantitative estimate of drug-likeness (QED) is 0.440. The van der Waals surface area contributed by atoms with Crippen LogP contribution in [0.25, 0.3) is 0 Å². The molecule has 0 fully saturated rings. The minimum Gasteiger partial charge on any atom is -0.497 e. The normalized spacial score (nSPS) is 13.8. The van der Waals surface area contributed by atoms with Crippen LogP contribution >= 0.6 is 0 Å². The number of methoxy groups -OCH3 is 1. The number of benzene rings is 2. The topological polar surface area (TPSA) is 137 Å². The van der Waals surface area contributed by atoms with Crippen molar-refractivity contribution in [3.05, 3.63) is 72.4 Å². The average Bonchev–Trinajstić information content (AvgIpc) is 2.83. The third-order valence-electron chi connectivity index (χ3n) is 4.97. The summed E-state index contributed by atoms with van der Waals surface area (Å²) >= 11 is 0. The van der Waals surface area contributed by atoms with E-state index in [1.165, 1.54) is 42.3 Å². The fraction of sp³-hybridized carbons (Fsp3) is 0.190. The van der Waals surface area contributed by atoms with Crippen molar-refractivity contribution in [2.45, 2.75) is 38.2 Å². The van der Waals surface area contributed by atoms with Crippen molar-refractivity contribution in [3.63, 3.8) is 0 Å². The van der Waals surface area contributed by atoms with Gasteiger partial charge in [-0.2, -0.15) is 13.2 Å². The molecule has 1 atom stereocenters. The van der Waals surface area contributed by atoms with Gasteiger partial charge < -0.3 is 4.74 Å². The first-order valence-electron chi connectivity index (χ1n) is 9.89. The molecule has 2 aromatic carbocycles. The number of nitrogens with zero attached hydrogens (tertiary/aromatic N) is 1. The van der Waals surface area contributed by atoms with Crippen molar-refractivity contribution < 1.29 is 43.2 Å². The van der Waals surface area contributed by atoms with Gasteiger partial charge in [-0.05, 0) is 48.9 Å². The number of pyridine rings is 1. The number of aromatic nitrogens is 1. The molecule has 0 saturated carbocycles. The molecule has 3 rings (SSSR count). The van der Waals surface area contributed by atoms with Crippen LogP contribution in [0, 0.1) is 0 Å². The molecular weight excluding hydrogens is 545 g/mol. The summed E-state index contributed by atoms with van der Waals surface area (Å²) in [6.45, 7) is 1.15. The van der Waals surface area contributed by atoms with E-state index in [1.54, 1.807) is 0 Å². The van der Waals surface area contributed by atoms with Crippen LogP contribution in [0.4, 0.5) is 13.2 Å². The monoisotopic (exact) mass is 564 g/mol. The lowest BCUT2D eigenvalue weighted by molar-refractivity contribution is -0.0450. The Morgan fingerprint density at radius 1 is 0.861 bits per heavy atom. The third kappa shape index (κ3) is 5.38. The van der Waals surface area contributed by atoms with Crippen LogP contribution in [-0.2, 0) is 29.7 Å². The van der Waals surface area contributed by atoms with E-state index in [4.69, 9.17) is 4.74 Å². The fourth-order valence-electron chi connectivity index (χ4n) is 3.10. The van der Waals surface area contributed by atoms with Gasteiger partial charge in [0, 0.05) is 18.3 Å². The van der Waals surface area contributed by atoms with Gasteiger partial charge in [0.15, 0.2) is 5.03 Å². The lowest BCUT2D eigenvalue weighted by Crippen LogP contribution is -2.37. The van der Waals surface area contributed by atoms with E-state index in [9.17, 15) is 38.4 Å². The van der Waals surface area contributed by atoms with E-state index in [2.05, 4.69) is 4.98 Å². The maximum atomic E-state index is 13.4. The largest absolute Gasteiger partial charge is 0.511 e. The number of sulfone groups is 2. The van der Waals surface area contributed by atoms with Crippen molar-refractivity contribution in [2.24, 2.45) is 0 Å². The number of rotatable bonds is 8. The van der Waals surface area contributed by atoms with Crippen LogP contribution in [0.1, 0.15) is 18.5 Å². The van der Waals surface area contributed by atoms with Gasteiger partial charge in [0.2, 0.25) is 19.7 Å². The average molecular weight is 565 g/mol. The second-order valence-corrected chi connectivity index (χ2v) is 12.8. The zero-order chi connectivity index (χ0) is 26.9. The number of nitrogens with one attached hydrogen (secondary N) is 1. The van der Waals surface area contributed by atoms with Gasteiger partial charge in [0.25, 0.3) is 0 Å². The first-order valence-corrected chi connectivity index (χ1v) is 14.3. The van der Waals surface area contributed by atoms with Crippen molar-refractivity contribution in [2.75, 3.05) is 7.11 Å². The van der Waals surface area contributed by atoms with Crippen molar-refractivity contribution >= 4 is 29.7 Å². The van der Waals surface area contributed by atoms with Crippen molar-refractivity contribution in [1.82, 2.24) is 9.71 Å².